The van der Waals surface area contributed by atoms with E-state index in [1.807, 2.05) is 33.8 Å². The second-order valence-corrected chi connectivity index (χ2v) is 8.81. The first-order chi connectivity index (χ1) is 16.0. The summed E-state index contributed by atoms with van der Waals surface area (Å²) >= 11 is 6.43. The molecule has 0 saturated carbocycles. The minimum atomic E-state index is -0.510. The molecule has 0 aliphatic carbocycles. The van der Waals surface area contributed by atoms with Crippen LogP contribution in [-0.2, 0) is 11.8 Å². The van der Waals surface area contributed by atoms with Crippen molar-refractivity contribution >= 4 is 45.8 Å². The highest BCUT2D eigenvalue weighted by Gasteiger charge is 2.20. The molecule has 9 nitrogen and oxygen atoms in total. The van der Waals surface area contributed by atoms with Gasteiger partial charge in [-0.15, -0.1) is 0 Å². The van der Waals surface area contributed by atoms with Gasteiger partial charge in [-0.2, -0.15) is 10.2 Å². The Morgan fingerprint density at radius 3 is 2.38 bits per heavy atom. The maximum absolute atomic E-state index is 13.1. The molecule has 0 bridgehead atoms. The summed E-state index contributed by atoms with van der Waals surface area (Å²) in [5, 5.41) is 15.5. The third-order valence-electron chi connectivity index (χ3n) is 5.62. The van der Waals surface area contributed by atoms with Crippen LogP contribution < -0.4 is 10.6 Å². The molecule has 3 heterocycles. The molecule has 0 radical (unpaired) electrons. The van der Waals surface area contributed by atoms with Crippen molar-refractivity contribution in [2.24, 2.45) is 7.05 Å². The van der Waals surface area contributed by atoms with Crippen molar-refractivity contribution in [2.75, 3.05) is 10.6 Å². The zero-order valence-corrected chi connectivity index (χ0v) is 20.7. The van der Waals surface area contributed by atoms with Gasteiger partial charge in [-0.3, -0.25) is 19.0 Å². The molecule has 10 heteroatoms. The number of aryl methyl sites for hydroxylation is 5. The van der Waals surface area contributed by atoms with Crippen LogP contribution in [0.25, 0.3) is 11.0 Å². The van der Waals surface area contributed by atoms with Crippen molar-refractivity contribution in [1.29, 1.82) is 0 Å². The summed E-state index contributed by atoms with van der Waals surface area (Å²) in [5.74, 6) is -0.538. The van der Waals surface area contributed by atoms with Gasteiger partial charge in [0.25, 0.3) is 5.91 Å². The lowest BCUT2D eigenvalue weighted by molar-refractivity contribution is -0.119. The third kappa shape index (κ3) is 4.38. The average Bonchev–Trinajstić information content (AvgIpc) is 3.25. The summed E-state index contributed by atoms with van der Waals surface area (Å²) in [6.45, 7) is 9.23. The van der Waals surface area contributed by atoms with E-state index < -0.39 is 6.04 Å². The number of nitrogens with zero attached hydrogens (tertiary/aromatic N) is 5. The van der Waals surface area contributed by atoms with Gasteiger partial charge in [0.2, 0.25) is 5.91 Å². The SMILES string of the molecule is Cc1cc(C(=O)Nc2ccc(NC(=O)C(C)n3nc(C)cc3C)c(Cl)c2)c2c(C)nn(C)c2n1. The van der Waals surface area contributed by atoms with E-state index in [9.17, 15) is 9.59 Å². The molecular formula is C24H26ClN7O2. The molecule has 0 aliphatic rings. The molecule has 2 amide bonds. The molecule has 0 saturated heterocycles. The van der Waals surface area contributed by atoms with Gasteiger partial charge < -0.3 is 10.6 Å². The number of carbonyl (C=O) groups excluding carboxylic acids is 2. The second kappa shape index (κ2) is 8.90. The highest BCUT2D eigenvalue weighted by atomic mass is 35.5. The molecule has 4 rings (SSSR count). The summed E-state index contributed by atoms with van der Waals surface area (Å²) in [7, 11) is 1.80. The highest BCUT2D eigenvalue weighted by Crippen LogP contribution is 2.28. The zero-order valence-electron chi connectivity index (χ0n) is 19.9. The molecule has 1 unspecified atom stereocenters. The molecule has 0 aliphatic heterocycles. The van der Waals surface area contributed by atoms with Crippen molar-refractivity contribution in [1.82, 2.24) is 24.5 Å². The lowest BCUT2D eigenvalue weighted by Crippen LogP contribution is -2.25. The first-order valence-electron chi connectivity index (χ1n) is 10.8. The smallest absolute Gasteiger partial charge is 0.256 e. The van der Waals surface area contributed by atoms with Gasteiger partial charge in [-0.05, 0) is 65.0 Å². The van der Waals surface area contributed by atoms with Crippen LogP contribution in [0.4, 0.5) is 11.4 Å². The number of fused-ring (bicyclic) bond motifs is 1. The molecule has 4 aromatic rings. The number of pyridine rings is 1. The van der Waals surface area contributed by atoms with Crippen molar-refractivity contribution in [3.8, 4) is 0 Å². The monoisotopic (exact) mass is 479 g/mol. The number of halogens is 1. The van der Waals surface area contributed by atoms with Crippen LogP contribution in [0.3, 0.4) is 0 Å². The van der Waals surface area contributed by atoms with Gasteiger partial charge in [-0.25, -0.2) is 4.98 Å². The minimum Gasteiger partial charge on any atom is -0.323 e. The lowest BCUT2D eigenvalue weighted by Gasteiger charge is -2.16. The Kier molecular flexibility index (Phi) is 6.14. The minimum absolute atomic E-state index is 0.244. The number of aromatic nitrogens is 5. The van der Waals surface area contributed by atoms with Gasteiger partial charge in [0, 0.05) is 24.1 Å². The fraction of sp³-hybridized carbons (Fsp3) is 0.292. The van der Waals surface area contributed by atoms with Crippen LogP contribution in [0.5, 0.6) is 0 Å². The quantitative estimate of drug-likeness (QED) is 0.438. The van der Waals surface area contributed by atoms with E-state index >= 15 is 0 Å². The van der Waals surface area contributed by atoms with Crippen LogP contribution in [0.1, 0.15) is 46.1 Å². The number of benzene rings is 1. The van der Waals surface area contributed by atoms with E-state index in [-0.39, 0.29) is 11.8 Å². The summed E-state index contributed by atoms with van der Waals surface area (Å²) < 4.78 is 3.33. The molecule has 34 heavy (non-hydrogen) atoms. The van der Waals surface area contributed by atoms with E-state index in [1.54, 1.807) is 47.6 Å². The van der Waals surface area contributed by atoms with Crippen LogP contribution >= 0.6 is 11.6 Å². The lowest BCUT2D eigenvalue weighted by atomic mass is 10.1. The molecule has 176 valence electrons. The number of rotatable bonds is 5. The first kappa shape index (κ1) is 23.4. The van der Waals surface area contributed by atoms with Gasteiger partial charge in [0.15, 0.2) is 5.65 Å². The number of amides is 2. The van der Waals surface area contributed by atoms with Crippen LogP contribution in [-0.4, -0.2) is 36.4 Å². The van der Waals surface area contributed by atoms with E-state index in [0.717, 1.165) is 17.1 Å². The Hall–Kier alpha value is -3.72. The normalized spacial score (nSPS) is 12.1. The maximum Gasteiger partial charge on any atom is 0.256 e. The largest absolute Gasteiger partial charge is 0.323 e. The average molecular weight is 480 g/mol. The van der Waals surface area contributed by atoms with Crippen LogP contribution in [0.2, 0.25) is 5.02 Å². The number of anilines is 2. The molecule has 2 N–H and O–H groups in total. The van der Waals surface area contributed by atoms with Gasteiger partial charge in [-0.1, -0.05) is 11.6 Å². The van der Waals surface area contributed by atoms with Crippen molar-refractivity contribution in [3.05, 3.63) is 63.7 Å². The Morgan fingerprint density at radius 2 is 1.74 bits per heavy atom. The Bertz CT molecular complexity index is 1440. The number of hydrogen-bond acceptors (Lipinski definition) is 5. The predicted molar refractivity (Wildman–Crippen MR) is 132 cm³/mol. The van der Waals surface area contributed by atoms with Crippen molar-refractivity contribution in [3.63, 3.8) is 0 Å². The fourth-order valence-electron chi connectivity index (χ4n) is 4.03. The second-order valence-electron chi connectivity index (χ2n) is 8.40. The number of carbonyl (C=O) groups is 2. The fourth-order valence-corrected chi connectivity index (χ4v) is 4.26. The predicted octanol–water partition coefficient (Wildman–Crippen LogP) is 4.50. The number of hydrogen-bond donors (Lipinski definition) is 2. The number of nitrogens with one attached hydrogen (secondary N) is 2. The van der Waals surface area contributed by atoms with Crippen molar-refractivity contribution in [2.45, 2.75) is 40.7 Å². The van der Waals surface area contributed by atoms with Crippen LogP contribution in [0.15, 0.2) is 30.3 Å². The standard InChI is InChI=1S/C24H26ClN7O2/c1-12-10-18(21-15(4)30-31(6)22(21)26-12)24(34)27-17-7-8-20(19(25)11-17)28-23(33)16(5)32-14(3)9-13(2)29-32/h7-11,16H,1-6H3,(H,27,34)(H,28,33). The van der Waals surface area contributed by atoms with Crippen LogP contribution in [0, 0.1) is 27.7 Å². The van der Waals surface area contributed by atoms with E-state index in [0.29, 0.717) is 38.7 Å². The molecule has 1 aromatic carbocycles. The summed E-state index contributed by atoms with van der Waals surface area (Å²) in [4.78, 5) is 30.3. The maximum atomic E-state index is 13.1. The molecule has 1 atom stereocenters. The van der Waals surface area contributed by atoms with Gasteiger partial charge in [0.05, 0.1) is 33.0 Å². The van der Waals surface area contributed by atoms with Gasteiger partial charge >= 0.3 is 0 Å². The highest BCUT2D eigenvalue weighted by molar-refractivity contribution is 6.34. The van der Waals surface area contributed by atoms with E-state index in [4.69, 9.17) is 11.6 Å². The summed E-state index contributed by atoms with van der Waals surface area (Å²) in [6, 6.07) is 8.09. The molecular weight excluding hydrogens is 454 g/mol. The zero-order chi connectivity index (χ0) is 24.7. The Balaban J connectivity index is 1.53. The molecule has 0 fully saturated rings. The summed E-state index contributed by atoms with van der Waals surface area (Å²) in [6.07, 6.45) is 0. The third-order valence-corrected chi connectivity index (χ3v) is 5.93. The molecule has 0 spiro atoms. The Morgan fingerprint density at radius 1 is 1.00 bits per heavy atom. The Labute approximate surface area is 202 Å². The van der Waals surface area contributed by atoms with E-state index in [1.165, 1.54) is 0 Å². The van der Waals surface area contributed by atoms with E-state index in [2.05, 4.69) is 25.8 Å². The first-order valence-corrected chi connectivity index (χ1v) is 11.2. The molecule has 3 aromatic heterocycles. The summed E-state index contributed by atoms with van der Waals surface area (Å²) in [5.41, 5.74) is 5.27. The topological polar surface area (TPSA) is 107 Å². The van der Waals surface area contributed by atoms with Crippen molar-refractivity contribution < 1.29 is 9.59 Å². The van der Waals surface area contributed by atoms with Gasteiger partial charge in [0.1, 0.15) is 6.04 Å².